The summed E-state index contributed by atoms with van der Waals surface area (Å²) in [6.45, 7) is 2.89. The van der Waals surface area contributed by atoms with Crippen LogP contribution < -0.4 is 5.73 Å². The molecule has 0 bridgehead atoms. The number of carbonyl (C=O) groups excluding carboxylic acids is 2. The molecule has 1 saturated heterocycles. The summed E-state index contributed by atoms with van der Waals surface area (Å²) >= 11 is 0. The van der Waals surface area contributed by atoms with Crippen molar-refractivity contribution < 1.29 is 14.3 Å². The van der Waals surface area contributed by atoms with Crippen molar-refractivity contribution in [1.82, 2.24) is 4.90 Å². The first-order valence-electron chi connectivity index (χ1n) is 6.26. The number of methoxy groups -OCH3 is 1. The fraction of sp³-hybridized carbons (Fsp3) is 0.429. The van der Waals surface area contributed by atoms with Crippen molar-refractivity contribution in [3.63, 3.8) is 0 Å². The van der Waals surface area contributed by atoms with Crippen LogP contribution >= 0.6 is 0 Å². The Labute approximate surface area is 112 Å². The third-order valence-electron chi connectivity index (χ3n) is 3.54. The van der Waals surface area contributed by atoms with Crippen LogP contribution in [-0.4, -0.2) is 37.0 Å². The van der Waals surface area contributed by atoms with Crippen molar-refractivity contribution in [3.05, 3.63) is 29.3 Å². The van der Waals surface area contributed by atoms with E-state index >= 15 is 0 Å². The Kier molecular flexibility index (Phi) is 3.74. The number of nitrogens with two attached hydrogens (primary N) is 1. The SMILES string of the molecule is COC(=O)C1CCN(C(=O)c2ccc(C)c(N)c2)C1. The summed E-state index contributed by atoms with van der Waals surface area (Å²) < 4.78 is 4.71. The maximum atomic E-state index is 12.3. The van der Waals surface area contributed by atoms with Gasteiger partial charge < -0.3 is 15.4 Å². The van der Waals surface area contributed by atoms with Gasteiger partial charge in [-0.15, -0.1) is 0 Å². The van der Waals surface area contributed by atoms with Crippen molar-refractivity contribution in [2.24, 2.45) is 5.92 Å². The third-order valence-corrected chi connectivity index (χ3v) is 3.54. The zero-order valence-corrected chi connectivity index (χ0v) is 11.2. The highest BCUT2D eigenvalue weighted by Gasteiger charge is 2.32. The minimum Gasteiger partial charge on any atom is -0.469 e. The maximum absolute atomic E-state index is 12.3. The average molecular weight is 262 g/mol. The van der Waals surface area contributed by atoms with Crippen LogP contribution in [0.2, 0.25) is 0 Å². The van der Waals surface area contributed by atoms with Crippen LogP contribution in [0.3, 0.4) is 0 Å². The number of nitrogens with zero attached hydrogens (tertiary/aromatic N) is 1. The summed E-state index contributed by atoms with van der Waals surface area (Å²) in [6, 6.07) is 5.28. The van der Waals surface area contributed by atoms with Gasteiger partial charge in [-0.05, 0) is 31.0 Å². The molecule has 0 aliphatic carbocycles. The molecule has 1 unspecified atom stereocenters. The number of nitrogen functional groups attached to an aromatic ring is 1. The van der Waals surface area contributed by atoms with E-state index in [1.165, 1.54) is 7.11 Å². The van der Waals surface area contributed by atoms with Crippen molar-refractivity contribution in [2.45, 2.75) is 13.3 Å². The van der Waals surface area contributed by atoms with Gasteiger partial charge in [0, 0.05) is 24.3 Å². The predicted octanol–water partition coefficient (Wildman–Crippen LogP) is 1.21. The van der Waals surface area contributed by atoms with Gasteiger partial charge in [0.05, 0.1) is 13.0 Å². The van der Waals surface area contributed by atoms with Gasteiger partial charge in [0.2, 0.25) is 0 Å². The minimum absolute atomic E-state index is 0.0851. The van der Waals surface area contributed by atoms with Crippen molar-refractivity contribution in [2.75, 3.05) is 25.9 Å². The summed E-state index contributed by atoms with van der Waals surface area (Å²) in [6.07, 6.45) is 0.653. The number of likely N-dealkylation sites (tertiary alicyclic amines) is 1. The first-order chi connectivity index (χ1) is 9.02. The summed E-state index contributed by atoms with van der Waals surface area (Å²) in [5, 5.41) is 0. The molecule has 1 fully saturated rings. The van der Waals surface area contributed by atoms with Crippen molar-refractivity contribution in [3.8, 4) is 0 Å². The molecule has 5 heteroatoms. The molecule has 2 N–H and O–H groups in total. The number of esters is 1. The quantitative estimate of drug-likeness (QED) is 0.642. The highest BCUT2D eigenvalue weighted by atomic mass is 16.5. The molecule has 1 aromatic carbocycles. The van der Waals surface area contributed by atoms with E-state index in [9.17, 15) is 9.59 Å². The van der Waals surface area contributed by atoms with Crippen LogP contribution in [0.5, 0.6) is 0 Å². The van der Waals surface area contributed by atoms with E-state index in [1.54, 1.807) is 17.0 Å². The lowest BCUT2D eigenvalue weighted by molar-refractivity contribution is -0.144. The molecule has 1 heterocycles. The number of carbonyl (C=O) groups is 2. The molecule has 0 aromatic heterocycles. The van der Waals surface area contributed by atoms with Gasteiger partial charge in [-0.25, -0.2) is 0 Å². The standard InChI is InChI=1S/C14H18N2O3/c1-9-3-4-10(7-12(9)15)13(17)16-6-5-11(8-16)14(18)19-2/h3-4,7,11H,5-6,8,15H2,1-2H3. The van der Waals surface area contributed by atoms with E-state index in [2.05, 4.69) is 0 Å². The second kappa shape index (κ2) is 5.30. The van der Waals surface area contributed by atoms with Gasteiger partial charge in [-0.1, -0.05) is 6.07 Å². The largest absolute Gasteiger partial charge is 0.469 e. The Morgan fingerprint density at radius 2 is 2.16 bits per heavy atom. The molecule has 1 atom stereocenters. The molecule has 5 nitrogen and oxygen atoms in total. The number of aryl methyl sites for hydroxylation is 1. The second-order valence-electron chi connectivity index (χ2n) is 4.83. The Balaban J connectivity index is 2.09. The fourth-order valence-electron chi connectivity index (χ4n) is 2.26. The number of amides is 1. The number of anilines is 1. The first kappa shape index (κ1) is 13.4. The van der Waals surface area contributed by atoms with Crippen molar-refractivity contribution >= 4 is 17.6 Å². The Morgan fingerprint density at radius 3 is 2.79 bits per heavy atom. The molecule has 1 aromatic rings. The molecule has 1 amide bonds. The van der Waals surface area contributed by atoms with Crippen LogP contribution in [0, 0.1) is 12.8 Å². The van der Waals surface area contributed by atoms with Crippen LogP contribution in [0.15, 0.2) is 18.2 Å². The molecule has 2 rings (SSSR count). The summed E-state index contributed by atoms with van der Waals surface area (Å²) in [7, 11) is 1.37. The third kappa shape index (κ3) is 2.70. The van der Waals surface area contributed by atoms with Gasteiger partial charge >= 0.3 is 5.97 Å². The Morgan fingerprint density at radius 1 is 1.42 bits per heavy atom. The van der Waals surface area contributed by atoms with E-state index in [-0.39, 0.29) is 17.8 Å². The Hall–Kier alpha value is -2.04. The Bertz CT molecular complexity index is 513. The number of rotatable bonds is 2. The number of hydrogen-bond donors (Lipinski definition) is 1. The zero-order valence-electron chi connectivity index (χ0n) is 11.2. The minimum atomic E-state index is -0.251. The highest BCUT2D eigenvalue weighted by molar-refractivity contribution is 5.95. The molecule has 19 heavy (non-hydrogen) atoms. The van der Waals surface area contributed by atoms with Crippen molar-refractivity contribution in [1.29, 1.82) is 0 Å². The molecule has 102 valence electrons. The normalized spacial score (nSPS) is 18.4. The van der Waals surface area contributed by atoms with Crippen LogP contribution in [-0.2, 0) is 9.53 Å². The lowest BCUT2D eigenvalue weighted by Crippen LogP contribution is -2.30. The average Bonchev–Trinajstić information content (AvgIpc) is 2.89. The van der Waals surface area contributed by atoms with E-state index in [0.717, 1.165) is 5.56 Å². The second-order valence-corrected chi connectivity index (χ2v) is 4.83. The van der Waals surface area contributed by atoms with Crippen LogP contribution in [0.4, 0.5) is 5.69 Å². The van der Waals surface area contributed by atoms with E-state index < -0.39 is 0 Å². The summed E-state index contributed by atoms with van der Waals surface area (Å²) in [5.74, 6) is -0.548. The van der Waals surface area contributed by atoms with E-state index in [4.69, 9.17) is 10.5 Å². The van der Waals surface area contributed by atoms with Gasteiger partial charge in [-0.2, -0.15) is 0 Å². The number of hydrogen-bond acceptors (Lipinski definition) is 4. The smallest absolute Gasteiger partial charge is 0.310 e. The number of benzene rings is 1. The summed E-state index contributed by atoms with van der Waals surface area (Å²) in [5.41, 5.74) is 7.93. The van der Waals surface area contributed by atoms with E-state index in [0.29, 0.717) is 30.8 Å². The van der Waals surface area contributed by atoms with E-state index in [1.807, 2.05) is 13.0 Å². The van der Waals surface area contributed by atoms with Crippen LogP contribution in [0.1, 0.15) is 22.3 Å². The molecular weight excluding hydrogens is 244 g/mol. The number of ether oxygens (including phenoxy) is 1. The fourth-order valence-corrected chi connectivity index (χ4v) is 2.26. The monoisotopic (exact) mass is 262 g/mol. The maximum Gasteiger partial charge on any atom is 0.310 e. The molecule has 1 aliphatic rings. The van der Waals surface area contributed by atoms with Gasteiger partial charge in [0.1, 0.15) is 0 Å². The molecule has 0 radical (unpaired) electrons. The summed E-state index contributed by atoms with van der Waals surface area (Å²) in [4.78, 5) is 25.4. The lowest BCUT2D eigenvalue weighted by Gasteiger charge is -2.16. The van der Waals surface area contributed by atoms with Gasteiger partial charge in [0.15, 0.2) is 0 Å². The molecular formula is C14H18N2O3. The van der Waals surface area contributed by atoms with Gasteiger partial charge in [-0.3, -0.25) is 9.59 Å². The van der Waals surface area contributed by atoms with Crippen LogP contribution in [0.25, 0.3) is 0 Å². The van der Waals surface area contributed by atoms with Gasteiger partial charge in [0.25, 0.3) is 5.91 Å². The molecule has 0 saturated carbocycles. The first-order valence-corrected chi connectivity index (χ1v) is 6.26. The topological polar surface area (TPSA) is 72.6 Å². The lowest BCUT2D eigenvalue weighted by atomic mass is 10.1. The highest BCUT2D eigenvalue weighted by Crippen LogP contribution is 2.21. The predicted molar refractivity (Wildman–Crippen MR) is 71.6 cm³/mol. The zero-order chi connectivity index (χ0) is 14.0. The molecule has 1 aliphatic heterocycles. The molecule has 0 spiro atoms.